The van der Waals surface area contributed by atoms with Gasteiger partial charge in [-0.05, 0) is 51.1 Å². The van der Waals surface area contributed by atoms with Crippen LogP contribution in [0.4, 0.5) is 0 Å². The highest BCUT2D eigenvalue weighted by atomic mass is 16.1. The lowest BCUT2D eigenvalue weighted by Crippen LogP contribution is -2.37. The maximum absolute atomic E-state index is 12.3. The van der Waals surface area contributed by atoms with E-state index in [1.807, 2.05) is 18.5 Å². The van der Waals surface area contributed by atoms with Crippen molar-refractivity contribution >= 4 is 0 Å². The summed E-state index contributed by atoms with van der Waals surface area (Å²) in [5.41, 5.74) is 2.26. The Morgan fingerprint density at radius 3 is 2.48 bits per heavy atom. The standard InChI is InChI=1S/C21H27N5O/c27-20-9-8-19(16-6-7-16)24-26(20)14-18-5-2-10-25(18)13-15-11-22-21(23-12-15)17-3-1-4-17/h8-9,11-12,16-18H,1-7,10,13-14H2. The molecule has 2 aromatic rings. The molecule has 6 nitrogen and oxygen atoms in total. The van der Waals surface area contributed by atoms with Crippen molar-refractivity contribution in [3.63, 3.8) is 0 Å². The molecule has 3 fully saturated rings. The van der Waals surface area contributed by atoms with Crippen LogP contribution in [-0.4, -0.2) is 37.2 Å². The summed E-state index contributed by atoms with van der Waals surface area (Å²) in [6.45, 7) is 2.60. The van der Waals surface area contributed by atoms with E-state index in [9.17, 15) is 4.79 Å². The van der Waals surface area contributed by atoms with E-state index in [-0.39, 0.29) is 5.56 Å². The molecular formula is C21H27N5O. The maximum atomic E-state index is 12.3. The summed E-state index contributed by atoms with van der Waals surface area (Å²) >= 11 is 0. The molecule has 0 N–H and O–H groups in total. The van der Waals surface area contributed by atoms with Crippen LogP contribution in [0.5, 0.6) is 0 Å². The van der Waals surface area contributed by atoms with Crippen molar-refractivity contribution < 1.29 is 0 Å². The molecule has 3 heterocycles. The van der Waals surface area contributed by atoms with Gasteiger partial charge in [-0.3, -0.25) is 9.69 Å². The van der Waals surface area contributed by atoms with Crippen molar-refractivity contribution in [1.29, 1.82) is 0 Å². The average molecular weight is 365 g/mol. The summed E-state index contributed by atoms with van der Waals surface area (Å²) in [7, 11) is 0. The van der Waals surface area contributed by atoms with Crippen LogP contribution < -0.4 is 5.56 Å². The number of hydrogen-bond acceptors (Lipinski definition) is 5. The number of nitrogens with zero attached hydrogens (tertiary/aromatic N) is 5. The predicted octanol–water partition coefficient (Wildman–Crippen LogP) is 2.84. The summed E-state index contributed by atoms with van der Waals surface area (Å²) < 4.78 is 1.69. The molecule has 2 saturated carbocycles. The van der Waals surface area contributed by atoms with Crippen molar-refractivity contribution in [2.45, 2.75) is 75.9 Å². The molecule has 1 saturated heterocycles. The Kier molecular flexibility index (Phi) is 4.52. The lowest BCUT2D eigenvalue weighted by atomic mass is 9.85. The fourth-order valence-electron chi connectivity index (χ4n) is 4.26. The first-order valence-corrected chi connectivity index (χ1v) is 10.4. The highest BCUT2D eigenvalue weighted by Gasteiger charge is 2.28. The molecule has 27 heavy (non-hydrogen) atoms. The average Bonchev–Trinajstić information content (AvgIpc) is 3.39. The lowest BCUT2D eigenvalue weighted by molar-refractivity contribution is 0.215. The molecule has 1 unspecified atom stereocenters. The SMILES string of the molecule is O=c1ccc(C2CC2)nn1CC1CCCN1Cc1cnc(C2CCC2)nc1. The van der Waals surface area contributed by atoms with Crippen molar-refractivity contribution in [1.82, 2.24) is 24.6 Å². The van der Waals surface area contributed by atoms with E-state index in [4.69, 9.17) is 0 Å². The molecule has 6 heteroatoms. The largest absolute Gasteiger partial charge is 0.294 e. The second-order valence-corrected chi connectivity index (χ2v) is 8.40. The number of likely N-dealkylation sites (tertiary alicyclic amines) is 1. The zero-order chi connectivity index (χ0) is 18.2. The van der Waals surface area contributed by atoms with Gasteiger partial charge in [0.05, 0.1) is 12.2 Å². The van der Waals surface area contributed by atoms with Crippen molar-refractivity contribution in [3.8, 4) is 0 Å². The van der Waals surface area contributed by atoms with Crippen LogP contribution in [0, 0.1) is 0 Å². The van der Waals surface area contributed by atoms with Crippen LogP contribution in [0.3, 0.4) is 0 Å². The first kappa shape index (κ1) is 17.0. The fraction of sp³-hybridized carbons (Fsp3) is 0.619. The summed E-state index contributed by atoms with van der Waals surface area (Å²) in [4.78, 5) is 23.9. The first-order valence-electron chi connectivity index (χ1n) is 10.4. The monoisotopic (exact) mass is 365 g/mol. The lowest BCUT2D eigenvalue weighted by Gasteiger charge is -2.26. The molecule has 142 valence electrons. The van der Waals surface area contributed by atoms with Gasteiger partial charge in [-0.25, -0.2) is 14.6 Å². The molecule has 0 aromatic carbocycles. The van der Waals surface area contributed by atoms with Crippen LogP contribution in [0.2, 0.25) is 0 Å². The van der Waals surface area contributed by atoms with Crippen LogP contribution in [0.25, 0.3) is 0 Å². The van der Waals surface area contributed by atoms with Crippen molar-refractivity contribution in [3.05, 3.63) is 52.0 Å². The second kappa shape index (κ2) is 7.15. The van der Waals surface area contributed by atoms with E-state index in [1.165, 1.54) is 38.5 Å². The minimum atomic E-state index is 0.0134. The first-order chi connectivity index (χ1) is 13.3. The zero-order valence-corrected chi connectivity index (χ0v) is 15.8. The molecule has 0 radical (unpaired) electrons. The minimum Gasteiger partial charge on any atom is -0.294 e. The van der Waals surface area contributed by atoms with E-state index in [0.717, 1.165) is 36.6 Å². The molecule has 0 spiro atoms. The molecule has 1 atom stereocenters. The van der Waals surface area contributed by atoms with Gasteiger partial charge >= 0.3 is 0 Å². The van der Waals surface area contributed by atoms with Crippen LogP contribution in [-0.2, 0) is 13.1 Å². The Balaban J connectivity index is 1.26. The maximum Gasteiger partial charge on any atom is 0.266 e. The highest BCUT2D eigenvalue weighted by molar-refractivity contribution is 5.13. The molecule has 2 aliphatic carbocycles. The number of aromatic nitrogens is 4. The third-order valence-corrected chi connectivity index (χ3v) is 6.35. The van der Waals surface area contributed by atoms with Crippen molar-refractivity contribution in [2.75, 3.05) is 6.54 Å². The van der Waals surface area contributed by atoms with E-state index < -0.39 is 0 Å². The Bertz CT molecular complexity index is 854. The van der Waals surface area contributed by atoms with Crippen LogP contribution >= 0.6 is 0 Å². The third kappa shape index (κ3) is 3.68. The summed E-state index contributed by atoms with van der Waals surface area (Å²) in [5.74, 6) is 2.16. The van der Waals surface area contributed by atoms with Gasteiger partial charge in [0.2, 0.25) is 0 Å². The molecule has 0 bridgehead atoms. The summed E-state index contributed by atoms with van der Waals surface area (Å²) in [6.07, 6.45) is 12.5. The van der Waals surface area contributed by atoms with Gasteiger partial charge in [0.25, 0.3) is 5.56 Å². The molecule has 1 aliphatic heterocycles. The van der Waals surface area contributed by atoms with Gasteiger partial charge in [-0.15, -0.1) is 0 Å². The smallest absolute Gasteiger partial charge is 0.266 e. The third-order valence-electron chi connectivity index (χ3n) is 6.35. The Labute approximate surface area is 159 Å². The fourth-order valence-corrected chi connectivity index (χ4v) is 4.26. The van der Waals surface area contributed by atoms with E-state index in [0.29, 0.717) is 24.4 Å². The molecule has 2 aromatic heterocycles. The number of hydrogen-bond donors (Lipinski definition) is 0. The summed E-state index contributed by atoms with van der Waals surface area (Å²) in [5, 5.41) is 4.64. The van der Waals surface area contributed by atoms with E-state index >= 15 is 0 Å². The normalized spacial score (nSPS) is 23.5. The topological polar surface area (TPSA) is 63.9 Å². The second-order valence-electron chi connectivity index (χ2n) is 8.40. The quantitative estimate of drug-likeness (QED) is 0.788. The van der Waals surface area contributed by atoms with E-state index in [2.05, 4.69) is 20.0 Å². The van der Waals surface area contributed by atoms with Gasteiger partial charge in [0.1, 0.15) is 5.82 Å². The number of rotatable bonds is 6. The molecule has 0 amide bonds. The van der Waals surface area contributed by atoms with Crippen LogP contribution in [0.15, 0.2) is 29.3 Å². The van der Waals surface area contributed by atoms with Crippen molar-refractivity contribution in [2.24, 2.45) is 0 Å². The Hall–Kier alpha value is -2.08. The predicted molar refractivity (Wildman–Crippen MR) is 103 cm³/mol. The van der Waals surface area contributed by atoms with Gasteiger partial charge < -0.3 is 0 Å². The van der Waals surface area contributed by atoms with Gasteiger partial charge in [0, 0.05) is 48.4 Å². The molecular weight excluding hydrogens is 338 g/mol. The highest BCUT2D eigenvalue weighted by Crippen LogP contribution is 2.38. The molecule has 3 aliphatic rings. The molecule has 5 rings (SSSR count). The minimum absolute atomic E-state index is 0.0134. The zero-order valence-electron chi connectivity index (χ0n) is 15.8. The van der Waals surface area contributed by atoms with Gasteiger partial charge in [0.15, 0.2) is 0 Å². The van der Waals surface area contributed by atoms with Gasteiger partial charge in [-0.2, -0.15) is 5.10 Å². The summed E-state index contributed by atoms with van der Waals surface area (Å²) in [6, 6.07) is 3.95. The Morgan fingerprint density at radius 2 is 1.78 bits per heavy atom. The van der Waals surface area contributed by atoms with Crippen LogP contribution in [0.1, 0.15) is 73.9 Å². The van der Waals surface area contributed by atoms with Gasteiger partial charge in [-0.1, -0.05) is 6.42 Å². The Morgan fingerprint density at radius 1 is 0.963 bits per heavy atom. The van der Waals surface area contributed by atoms with E-state index in [1.54, 1.807) is 10.7 Å².